The van der Waals surface area contributed by atoms with Crippen LogP contribution in [0, 0.1) is 5.92 Å². The maximum absolute atomic E-state index is 13.0. The summed E-state index contributed by atoms with van der Waals surface area (Å²) in [5, 5.41) is 18.8. The third-order valence-corrected chi connectivity index (χ3v) is 6.10. The van der Waals surface area contributed by atoms with Crippen molar-refractivity contribution in [2.75, 3.05) is 40.3 Å². The molecule has 0 saturated heterocycles. The van der Waals surface area contributed by atoms with Crippen LogP contribution in [0.4, 0.5) is 0 Å². The van der Waals surface area contributed by atoms with E-state index < -0.39 is 5.97 Å². The summed E-state index contributed by atoms with van der Waals surface area (Å²) in [5.41, 5.74) is 1.14. The number of carbonyl (C=O) groups excluding carboxylic acids is 1. The van der Waals surface area contributed by atoms with E-state index in [0.717, 1.165) is 31.4 Å². The monoisotopic (exact) mass is 475 g/mol. The number of aliphatic hydroxyl groups is 1. The Morgan fingerprint density at radius 3 is 2.38 bits per heavy atom. The Morgan fingerprint density at radius 2 is 1.76 bits per heavy atom. The Labute approximate surface area is 206 Å². The van der Waals surface area contributed by atoms with E-state index >= 15 is 0 Å². The van der Waals surface area contributed by atoms with Gasteiger partial charge < -0.3 is 19.6 Å². The van der Waals surface area contributed by atoms with E-state index in [1.165, 1.54) is 19.3 Å². The van der Waals surface area contributed by atoms with Crippen molar-refractivity contribution >= 4 is 18.0 Å². The van der Waals surface area contributed by atoms with Gasteiger partial charge in [-0.15, -0.1) is 0 Å². The summed E-state index contributed by atoms with van der Waals surface area (Å²) in [4.78, 5) is 25.9. The Kier molecular flexibility index (Phi) is 14.4. The topological polar surface area (TPSA) is 77.8 Å². The van der Waals surface area contributed by atoms with Crippen LogP contribution in [0.3, 0.4) is 0 Å². The largest absolute Gasteiger partial charge is 0.481 e. The number of aliphatic hydroxyl groups excluding tert-OH is 1. The molecule has 0 heterocycles. The van der Waals surface area contributed by atoms with Gasteiger partial charge in [0.25, 0.3) is 0 Å². The zero-order chi connectivity index (χ0) is 25.4. The van der Waals surface area contributed by atoms with Gasteiger partial charge in [-0.25, -0.2) is 0 Å². The number of hydrogen-bond acceptors (Lipinski definition) is 3. The number of rotatable bonds is 18. The number of unbranched alkanes of at least 4 members (excludes halogenated alkanes) is 3. The lowest BCUT2D eigenvalue weighted by Crippen LogP contribution is -2.46. The Bertz CT molecular complexity index is 731. The Balaban J connectivity index is 2.89. The summed E-state index contributed by atoms with van der Waals surface area (Å²) in [7, 11) is 4.17. The molecule has 6 nitrogen and oxygen atoms in total. The highest BCUT2D eigenvalue weighted by molar-refractivity contribution is 5.80. The predicted octanol–water partition coefficient (Wildman–Crippen LogP) is 4.83. The van der Waals surface area contributed by atoms with Crippen LogP contribution in [0.15, 0.2) is 36.4 Å². The summed E-state index contributed by atoms with van der Waals surface area (Å²) in [5.74, 6) is -0.802. The van der Waals surface area contributed by atoms with E-state index in [0.29, 0.717) is 24.1 Å². The average molecular weight is 476 g/mol. The molecule has 0 aliphatic heterocycles. The van der Waals surface area contributed by atoms with Gasteiger partial charge >= 0.3 is 5.97 Å². The number of carboxylic acid groups (broad SMARTS) is 1. The summed E-state index contributed by atoms with van der Waals surface area (Å²) >= 11 is 0. The molecule has 0 fully saturated rings. The molecule has 0 aliphatic rings. The number of benzene rings is 1. The molecule has 0 aliphatic carbocycles. The average Bonchev–Trinajstić information content (AvgIpc) is 2.77. The van der Waals surface area contributed by atoms with Gasteiger partial charge in [-0.2, -0.15) is 0 Å². The number of nitrogens with zero attached hydrogens (tertiary/aromatic N) is 2. The fourth-order valence-corrected chi connectivity index (χ4v) is 4.36. The number of quaternary nitrogens is 1. The second-order valence-electron chi connectivity index (χ2n) is 10.2. The van der Waals surface area contributed by atoms with E-state index in [9.17, 15) is 14.7 Å². The summed E-state index contributed by atoms with van der Waals surface area (Å²) in [6.07, 6.45) is 10.4. The van der Waals surface area contributed by atoms with Crippen molar-refractivity contribution in [3.05, 3.63) is 42.0 Å². The van der Waals surface area contributed by atoms with Crippen LogP contribution in [-0.4, -0.2) is 77.9 Å². The standard InChI is InChI=1S/C28H46N2O4/c1-5-6-7-9-15-26(17-16-25-13-10-8-11-14-25)22-29(27(32)18-19-28(33)34)20-12-21-30(3,4)23-24(2)31/h8,10-11,13-14,16-17,24,26,31H,5-7,9,12,15,18-23H2,1-4H3/p+1/b17-16+. The minimum atomic E-state index is -0.942. The van der Waals surface area contributed by atoms with Gasteiger partial charge in [0.1, 0.15) is 12.6 Å². The zero-order valence-electron chi connectivity index (χ0n) is 21.8. The fraction of sp³-hybridized carbons (Fsp3) is 0.643. The molecule has 2 unspecified atom stereocenters. The van der Waals surface area contributed by atoms with Crippen molar-refractivity contribution in [3.63, 3.8) is 0 Å². The van der Waals surface area contributed by atoms with E-state index in [1.54, 1.807) is 6.92 Å². The first-order chi connectivity index (χ1) is 16.1. The molecular formula is C28H47N2O4+. The summed E-state index contributed by atoms with van der Waals surface area (Å²) in [6, 6.07) is 10.2. The van der Waals surface area contributed by atoms with Crippen LogP contribution in [-0.2, 0) is 9.59 Å². The number of likely N-dealkylation sites (N-methyl/N-ethyl adjacent to an activating group) is 1. The molecule has 1 amide bonds. The van der Waals surface area contributed by atoms with Crippen molar-refractivity contribution < 1.29 is 24.3 Å². The highest BCUT2D eigenvalue weighted by Gasteiger charge is 2.22. The SMILES string of the molecule is CCCCCCC(/C=C/c1ccccc1)CN(CCC[N+](C)(C)CC(C)O)C(=O)CCC(=O)O. The van der Waals surface area contributed by atoms with Crippen molar-refractivity contribution in [1.82, 2.24) is 4.90 Å². The van der Waals surface area contributed by atoms with Crippen LogP contribution < -0.4 is 0 Å². The third-order valence-electron chi connectivity index (χ3n) is 6.10. The molecule has 0 aromatic heterocycles. The fourth-order valence-electron chi connectivity index (χ4n) is 4.36. The molecule has 0 bridgehead atoms. The minimum Gasteiger partial charge on any atom is -0.481 e. The molecule has 192 valence electrons. The van der Waals surface area contributed by atoms with E-state index in [1.807, 2.05) is 23.1 Å². The normalized spacial score (nSPS) is 13.7. The molecule has 0 saturated carbocycles. The molecule has 34 heavy (non-hydrogen) atoms. The lowest BCUT2D eigenvalue weighted by molar-refractivity contribution is -0.893. The molecule has 0 spiro atoms. The number of carboxylic acids is 1. The van der Waals surface area contributed by atoms with E-state index in [2.05, 4.69) is 45.3 Å². The number of carbonyl (C=O) groups is 2. The molecule has 0 radical (unpaired) electrons. The summed E-state index contributed by atoms with van der Waals surface area (Å²) < 4.78 is 0.684. The van der Waals surface area contributed by atoms with Gasteiger partial charge in [-0.1, -0.05) is 75.1 Å². The minimum absolute atomic E-state index is 0.0339. The van der Waals surface area contributed by atoms with Gasteiger partial charge in [0.05, 0.1) is 27.1 Å². The number of amides is 1. The second-order valence-corrected chi connectivity index (χ2v) is 10.2. The molecular weight excluding hydrogens is 428 g/mol. The first-order valence-electron chi connectivity index (χ1n) is 12.9. The van der Waals surface area contributed by atoms with Gasteiger partial charge in [0.15, 0.2) is 0 Å². The maximum atomic E-state index is 13.0. The predicted molar refractivity (Wildman–Crippen MR) is 139 cm³/mol. The zero-order valence-corrected chi connectivity index (χ0v) is 21.8. The van der Waals surface area contributed by atoms with Crippen molar-refractivity contribution in [1.29, 1.82) is 0 Å². The third kappa shape index (κ3) is 14.2. The number of hydrogen-bond donors (Lipinski definition) is 2. The van der Waals surface area contributed by atoms with E-state index in [-0.39, 0.29) is 30.8 Å². The van der Waals surface area contributed by atoms with Crippen LogP contribution in [0.2, 0.25) is 0 Å². The second kappa shape index (κ2) is 16.4. The highest BCUT2D eigenvalue weighted by Crippen LogP contribution is 2.18. The number of aliphatic carboxylic acids is 1. The van der Waals surface area contributed by atoms with Crippen LogP contribution in [0.5, 0.6) is 0 Å². The molecule has 1 aromatic carbocycles. The van der Waals surface area contributed by atoms with Gasteiger partial charge in [-0.05, 0) is 24.8 Å². The smallest absolute Gasteiger partial charge is 0.303 e. The van der Waals surface area contributed by atoms with Gasteiger partial charge in [-0.3, -0.25) is 9.59 Å². The van der Waals surface area contributed by atoms with Crippen molar-refractivity contribution in [2.45, 2.75) is 71.3 Å². The molecule has 6 heteroatoms. The molecule has 1 aromatic rings. The molecule has 2 atom stereocenters. The van der Waals surface area contributed by atoms with Gasteiger partial charge in [0, 0.05) is 25.9 Å². The maximum Gasteiger partial charge on any atom is 0.303 e. The van der Waals surface area contributed by atoms with Crippen molar-refractivity contribution in [3.8, 4) is 0 Å². The lowest BCUT2D eigenvalue weighted by atomic mass is 9.98. The quantitative estimate of drug-likeness (QED) is 0.236. The highest BCUT2D eigenvalue weighted by atomic mass is 16.4. The van der Waals surface area contributed by atoms with Crippen LogP contribution >= 0.6 is 0 Å². The summed E-state index contributed by atoms with van der Waals surface area (Å²) in [6.45, 7) is 6.71. The van der Waals surface area contributed by atoms with Crippen molar-refractivity contribution in [2.24, 2.45) is 5.92 Å². The van der Waals surface area contributed by atoms with Crippen LogP contribution in [0.1, 0.15) is 70.8 Å². The first kappa shape index (κ1) is 29.9. The molecule has 1 rings (SSSR count). The molecule has 2 N–H and O–H groups in total. The Morgan fingerprint density at radius 1 is 1.06 bits per heavy atom. The Hall–Kier alpha value is -2.18. The lowest BCUT2D eigenvalue weighted by Gasteiger charge is -2.33. The van der Waals surface area contributed by atoms with E-state index in [4.69, 9.17) is 5.11 Å². The first-order valence-corrected chi connectivity index (χ1v) is 12.9. The van der Waals surface area contributed by atoms with Crippen LogP contribution in [0.25, 0.3) is 6.08 Å². The van der Waals surface area contributed by atoms with Gasteiger partial charge in [0.2, 0.25) is 5.91 Å².